The van der Waals surface area contributed by atoms with E-state index >= 15 is 0 Å². The summed E-state index contributed by atoms with van der Waals surface area (Å²) in [7, 11) is 0. The molecule has 188 valence electrons. The first-order chi connectivity index (χ1) is 17.1. The summed E-state index contributed by atoms with van der Waals surface area (Å²) in [6.45, 7) is 5.43. The van der Waals surface area contributed by atoms with Crippen molar-refractivity contribution in [1.29, 1.82) is 0 Å². The third kappa shape index (κ3) is 4.22. The van der Waals surface area contributed by atoms with E-state index in [0.717, 1.165) is 37.2 Å². The molecule has 3 heterocycles. The lowest BCUT2D eigenvalue weighted by Gasteiger charge is -2.36. The third-order valence-corrected chi connectivity index (χ3v) is 8.04. The Hall–Kier alpha value is -2.87. The number of amides is 2. The largest absolute Gasteiger partial charge is 0.465 e. The second-order valence-electron chi connectivity index (χ2n) is 9.87. The Balaban J connectivity index is 1.41. The van der Waals surface area contributed by atoms with Crippen molar-refractivity contribution in [2.24, 2.45) is 11.3 Å². The number of rotatable bonds is 7. The number of benzene rings is 1. The Bertz CT molecular complexity index is 1020. The Morgan fingerprint density at radius 3 is 2.83 bits per heavy atom. The lowest BCUT2D eigenvalue weighted by molar-refractivity contribution is -0.159. The molecule has 1 aliphatic carbocycles. The van der Waals surface area contributed by atoms with Crippen molar-refractivity contribution in [3.8, 4) is 0 Å². The molecule has 2 fully saturated rings. The van der Waals surface area contributed by atoms with Gasteiger partial charge in [-0.3, -0.25) is 14.4 Å². The van der Waals surface area contributed by atoms with Crippen molar-refractivity contribution in [3.63, 3.8) is 0 Å². The maximum Gasteiger partial charge on any atom is 0.318 e. The summed E-state index contributed by atoms with van der Waals surface area (Å²) in [6.07, 6.45) is 5.01. The van der Waals surface area contributed by atoms with E-state index in [1.807, 2.05) is 18.2 Å². The molecule has 2 amide bonds. The molecular formula is C27H35N3O5. The fraction of sp³-hybridized carbons (Fsp3) is 0.593. The highest BCUT2D eigenvalue weighted by molar-refractivity contribution is 5.99. The number of para-hydroxylation sites is 1. The average molecular weight is 482 g/mol. The van der Waals surface area contributed by atoms with Crippen molar-refractivity contribution in [3.05, 3.63) is 41.6 Å². The number of nitrogens with zero attached hydrogens (tertiary/aromatic N) is 2. The van der Waals surface area contributed by atoms with Crippen LogP contribution in [0.5, 0.6) is 0 Å². The van der Waals surface area contributed by atoms with Gasteiger partial charge in [0.1, 0.15) is 5.41 Å². The smallest absolute Gasteiger partial charge is 0.318 e. The molecule has 0 bridgehead atoms. The molecule has 4 aliphatic rings. The Labute approximate surface area is 206 Å². The van der Waals surface area contributed by atoms with Gasteiger partial charge >= 0.3 is 5.97 Å². The molecule has 35 heavy (non-hydrogen) atoms. The molecule has 0 saturated carbocycles. The van der Waals surface area contributed by atoms with Gasteiger partial charge in [0.05, 0.1) is 25.7 Å². The molecule has 8 heteroatoms. The molecule has 2 saturated heterocycles. The number of allylic oxidation sites excluding steroid dienone is 1. The van der Waals surface area contributed by atoms with Crippen molar-refractivity contribution < 1.29 is 23.9 Å². The predicted octanol–water partition coefficient (Wildman–Crippen LogP) is 2.91. The monoisotopic (exact) mass is 481 g/mol. The van der Waals surface area contributed by atoms with Crippen LogP contribution in [0.4, 0.5) is 5.69 Å². The quantitative estimate of drug-likeness (QED) is 0.603. The highest BCUT2D eigenvalue weighted by atomic mass is 16.5. The highest BCUT2D eigenvalue weighted by Crippen LogP contribution is 2.54. The van der Waals surface area contributed by atoms with E-state index in [1.54, 1.807) is 16.7 Å². The van der Waals surface area contributed by atoms with Gasteiger partial charge in [0.15, 0.2) is 0 Å². The van der Waals surface area contributed by atoms with Crippen molar-refractivity contribution in [2.75, 3.05) is 51.3 Å². The molecule has 5 rings (SSSR count). The molecule has 0 spiro atoms. The van der Waals surface area contributed by atoms with E-state index in [1.165, 1.54) is 5.56 Å². The summed E-state index contributed by atoms with van der Waals surface area (Å²) in [5.74, 6) is -0.996. The Morgan fingerprint density at radius 1 is 1.23 bits per heavy atom. The summed E-state index contributed by atoms with van der Waals surface area (Å²) in [5, 5.41) is 3.45. The lowest BCUT2D eigenvalue weighted by Crippen LogP contribution is -2.46. The van der Waals surface area contributed by atoms with Crippen LogP contribution in [0.25, 0.3) is 0 Å². The van der Waals surface area contributed by atoms with Gasteiger partial charge in [-0.1, -0.05) is 24.3 Å². The summed E-state index contributed by atoms with van der Waals surface area (Å²) in [4.78, 5) is 44.2. The van der Waals surface area contributed by atoms with Crippen LogP contribution in [-0.2, 0) is 23.9 Å². The zero-order chi connectivity index (χ0) is 24.4. The van der Waals surface area contributed by atoms with E-state index in [4.69, 9.17) is 9.47 Å². The van der Waals surface area contributed by atoms with Gasteiger partial charge in [-0.2, -0.15) is 0 Å². The Kier molecular flexibility index (Phi) is 6.82. The molecule has 0 aromatic heterocycles. The van der Waals surface area contributed by atoms with Crippen LogP contribution in [0.1, 0.15) is 50.5 Å². The standard InChI is InChI=1S/C27H35N3O5/c1-2-35-26(33)27-11-6-5-9-23(27)30(12-10-19-18-28-22-8-4-3-7-20(19)22)25(32)21(27)17-24(31)29-13-15-34-16-14-29/h3-4,7-9,19,21,28H,2,5-6,10-18H2,1H3/t19?,21-,27-/m1/s1. The lowest BCUT2D eigenvalue weighted by atomic mass is 9.68. The first kappa shape index (κ1) is 23.9. The fourth-order valence-corrected chi connectivity index (χ4v) is 6.27. The van der Waals surface area contributed by atoms with Crippen LogP contribution >= 0.6 is 0 Å². The molecular weight excluding hydrogens is 446 g/mol. The number of likely N-dealkylation sites (tertiary alicyclic amines) is 1. The number of fused-ring (bicyclic) bond motifs is 2. The third-order valence-electron chi connectivity index (χ3n) is 8.04. The van der Waals surface area contributed by atoms with Crippen molar-refractivity contribution in [1.82, 2.24) is 9.80 Å². The second kappa shape index (κ2) is 10.0. The molecule has 1 aromatic carbocycles. The van der Waals surface area contributed by atoms with Crippen LogP contribution in [0, 0.1) is 11.3 Å². The van der Waals surface area contributed by atoms with E-state index in [2.05, 4.69) is 17.4 Å². The van der Waals surface area contributed by atoms with E-state index in [9.17, 15) is 14.4 Å². The summed E-state index contributed by atoms with van der Waals surface area (Å²) in [6, 6.07) is 8.29. The minimum atomic E-state index is -1.07. The average Bonchev–Trinajstić information content (AvgIpc) is 3.41. The highest BCUT2D eigenvalue weighted by Gasteiger charge is 2.62. The van der Waals surface area contributed by atoms with Crippen molar-refractivity contribution in [2.45, 2.75) is 44.9 Å². The van der Waals surface area contributed by atoms with Gasteiger partial charge < -0.3 is 24.6 Å². The van der Waals surface area contributed by atoms with Crippen LogP contribution in [0.15, 0.2) is 36.0 Å². The van der Waals surface area contributed by atoms with Gasteiger partial charge in [-0.25, -0.2) is 0 Å². The summed E-state index contributed by atoms with van der Waals surface area (Å²) < 4.78 is 10.9. The zero-order valence-corrected chi connectivity index (χ0v) is 20.5. The van der Waals surface area contributed by atoms with E-state index < -0.39 is 11.3 Å². The predicted molar refractivity (Wildman–Crippen MR) is 131 cm³/mol. The number of ether oxygens (including phenoxy) is 2. The van der Waals surface area contributed by atoms with Crippen molar-refractivity contribution >= 4 is 23.5 Å². The summed E-state index contributed by atoms with van der Waals surface area (Å²) >= 11 is 0. The molecule has 3 atom stereocenters. The number of anilines is 1. The van der Waals surface area contributed by atoms with E-state index in [-0.39, 0.29) is 30.8 Å². The summed E-state index contributed by atoms with van der Waals surface area (Å²) in [5.41, 5.74) is 2.11. The minimum Gasteiger partial charge on any atom is -0.465 e. The molecule has 1 N–H and O–H groups in total. The van der Waals surface area contributed by atoms with Gasteiger partial charge in [-0.15, -0.1) is 0 Å². The molecule has 0 radical (unpaired) electrons. The second-order valence-corrected chi connectivity index (χ2v) is 9.87. The molecule has 1 aromatic rings. The number of esters is 1. The maximum atomic E-state index is 13.9. The molecule has 8 nitrogen and oxygen atoms in total. The van der Waals surface area contributed by atoms with Crippen LogP contribution in [0.2, 0.25) is 0 Å². The topological polar surface area (TPSA) is 88.2 Å². The van der Waals surface area contributed by atoms with Gasteiger partial charge in [0, 0.05) is 49.9 Å². The number of hydrogen-bond donors (Lipinski definition) is 1. The van der Waals surface area contributed by atoms with Gasteiger partial charge in [0.2, 0.25) is 11.8 Å². The number of carbonyl (C=O) groups is 3. The van der Waals surface area contributed by atoms with Gasteiger partial charge in [0.25, 0.3) is 0 Å². The fourth-order valence-electron chi connectivity index (χ4n) is 6.27. The van der Waals surface area contributed by atoms with E-state index in [0.29, 0.717) is 45.2 Å². The molecule has 3 aliphatic heterocycles. The zero-order valence-electron chi connectivity index (χ0n) is 20.5. The van der Waals surface area contributed by atoms with Gasteiger partial charge in [-0.05, 0) is 44.2 Å². The minimum absolute atomic E-state index is 0.0271. The Morgan fingerprint density at radius 2 is 2.03 bits per heavy atom. The SMILES string of the molecule is CCOC(=O)[C@@]12CCCC=C1N(CCC1CNc3ccccc31)C(=O)[C@H]2CC(=O)N1CCOCC1. The van der Waals surface area contributed by atoms with Crippen LogP contribution < -0.4 is 5.32 Å². The number of hydrogen-bond acceptors (Lipinski definition) is 6. The first-order valence-electron chi connectivity index (χ1n) is 12.9. The normalized spacial score (nSPS) is 27.7. The number of nitrogens with one attached hydrogen (secondary N) is 1. The molecule has 1 unspecified atom stereocenters. The first-order valence-corrected chi connectivity index (χ1v) is 12.9. The number of carbonyl (C=O) groups excluding carboxylic acids is 3. The maximum absolute atomic E-state index is 13.9. The van der Waals surface area contributed by atoms with Crippen LogP contribution in [0.3, 0.4) is 0 Å². The van der Waals surface area contributed by atoms with Crippen LogP contribution in [-0.4, -0.2) is 73.6 Å². The number of morpholine rings is 1.